The third kappa shape index (κ3) is 5.00. The van der Waals surface area contributed by atoms with E-state index in [4.69, 9.17) is 0 Å². The second kappa shape index (κ2) is 9.02. The van der Waals surface area contributed by atoms with Gasteiger partial charge < -0.3 is 10.4 Å². The highest BCUT2D eigenvalue weighted by molar-refractivity contribution is 6.02. The molecule has 1 aromatic carbocycles. The number of aliphatic hydroxyl groups is 1. The zero-order valence-electron chi connectivity index (χ0n) is 16.9. The van der Waals surface area contributed by atoms with E-state index in [9.17, 15) is 9.90 Å². The lowest BCUT2D eigenvalue weighted by Crippen LogP contribution is -2.21. The summed E-state index contributed by atoms with van der Waals surface area (Å²) in [6.45, 7) is 2.45. The molecule has 0 saturated carbocycles. The topological polar surface area (TPSA) is 83.3 Å². The van der Waals surface area contributed by atoms with E-state index in [0.29, 0.717) is 0 Å². The lowest BCUT2D eigenvalue weighted by atomic mass is 10.0. The second-order valence-electron chi connectivity index (χ2n) is 7.56. The largest absolute Gasteiger partial charge is 0.392 e. The van der Waals surface area contributed by atoms with Gasteiger partial charge in [-0.2, -0.15) is 5.10 Å². The molecule has 1 amide bonds. The van der Waals surface area contributed by atoms with Crippen LogP contribution in [0.2, 0.25) is 0 Å². The fourth-order valence-corrected chi connectivity index (χ4v) is 3.62. The number of anilines is 1. The Bertz CT molecular complexity index is 1040. The van der Waals surface area contributed by atoms with Gasteiger partial charge in [-0.05, 0) is 41.8 Å². The fraction of sp³-hybridized carbons (Fsp3) is 0.261. The summed E-state index contributed by atoms with van der Waals surface area (Å²) in [5.41, 5.74) is 4.70. The van der Waals surface area contributed by atoms with E-state index in [-0.39, 0.29) is 12.0 Å². The van der Waals surface area contributed by atoms with E-state index in [1.54, 1.807) is 29.3 Å². The molecule has 1 fully saturated rings. The summed E-state index contributed by atoms with van der Waals surface area (Å²) >= 11 is 0. The highest BCUT2D eigenvalue weighted by Crippen LogP contribution is 2.23. The first-order valence-electron chi connectivity index (χ1n) is 9.98. The number of carbonyl (C=O) groups excluding carboxylic acids is 1. The van der Waals surface area contributed by atoms with Crippen molar-refractivity contribution >= 4 is 17.7 Å². The molecule has 0 spiro atoms. The van der Waals surface area contributed by atoms with Crippen molar-refractivity contribution in [3.63, 3.8) is 0 Å². The van der Waals surface area contributed by atoms with E-state index in [1.807, 2.05) is 43.6 Å². The van der Waals surface area contributed by atoms with Gasteiger partial charge in [0.05, 0.1) is 12.3 Å². The molecule has 1 unspecified atom stereocenters. The number of aromatic nitrogens is 3. The van der Waals surface area contributed by atoms with Gasteiger partial charge in [0.1, 0.15) is 0 Å². The quantitative estimate of drug-likeness (QED) is 0.619. The minimum absolute atomic E-state index is 0.202. The molecule has 0 bridgehead atoms. The molecule has 3 heterocycles. The molecular weight excluding hydrogens is 378 g/mol. The summed E-state index contributed by atoms with van der Waals surface area (Å²) in [6, 6.07) is 9.72. The van der Waals surface area contributed by atoms with Crippen molar-refractivity contribution in [2.45, 2.75) is 19.1 Å². The van der Waals surface area contributed by atoms with Crippen molar-refractivity contribution in [1.82, 2.24) is 19.7 Å². The average Bonchev–Trinajstić information content (AvgIpc) is 3.36. The van der Waals surface area contributed by atoms with E-state index in [2.05, 4.69) is 20.3 Å². The number of aliphatic hydroxyl groups excluding tert-OH is 1. The van der Waals surface area contributed by atoms with Crippen LogP contribution in [-0.4, -0.2) is 49.9 Å². The molecule has 1 saturated heterocycles. The van der Waals surface area contributed by atoms with E-state index in [1.165, 1.54) is 6.08 Å². The van der Waals surface area contributed by atoms with Crippen molar-refractivity contribution in [3.8, 4) is 11.1 Å². The fourth-order valence-electron chi connectivity index (χ4n) is 3.62. The number of nitrogens with zero attached hydrogens (tertiary/aromatic N) is 4. The van der Waals surface area contributed by atoms with Crippen molar-refractivity contribution in [2.24, 2.45) is 7.05 Å². The SMILES string of the molecule is Cn1cc(-c2ccncc2C=CC(=O)Nc2ccc(CN3CCC(O)C3)cc2)cn1. The Morgan fingerprint density at radius 2 is 2.10 bits per heavy atom. The van der Waals surface area contributed by atoms with Gasteiger partial charge in [0, 0.05) is 68.2 Å². The molecule has 7 nitrogen and oxygen atoms in total. The van der Waals surface area contributed by atoms with E-state index >= 15 is 0 Å². The summed E-state index contributed by atoms with van der Waals surface area (Å²) in [5.74, 6) is -0.202. The second-order valence-corrected chi connectivity index (χ2v) is 7.56. The third-order valence-corrected chi connectivity index (χ3v) is 5.16. The highest BCUT2D eigenvalue weighted by Gasteiger charge is 2.19. The number of likely N-dealkylation sites (tertiary alicyclic amines) is 1. The first-order valence-corrected chi connectivity index (χ1v) is 9.98. The van der Waals surface area contributed by atoms with Crippen molar-refractivity contribution in [3.05, 3.63) is 72.3 Å². The number of benzene rings is 1. The number of carbonyl (C=O) groups is 1. The molecule has 30 heavy (non-hydrogen) atoms. The Morgan fingerprint density at radius 3 is 2.80 bits per heavy atom. The summed E-state index contributed by atoms with van der Waals surface area (Å²) in [5, 5.41) is 16.7. The lowest BCUT2D eigenvalue weighted by Gasteiger charge is -2.15. The van der Waals surface area contributed by atoms with Gasteiger partial charge in [-0.3, -0.25) is 19.4 Å². The first kappa shape index (κ1) is 20.0. The van der Waals surface area contributed by atoms with Crippen LogP contribution in [0, 0.1) is 0 Å². The Hall–Kier alpha value is -3.29. The van der Waals surface area contributed by atoms with Gasteiger partial charge in [0.25, 0.3) is 0 Å². The Kier molecular flexibility index (Phi) is 6.02. The minimum Gasteiger partial charge on any atom is -0.392 e. The van der Waals surface area contributed by atoms with Gasteiger partial charge in [-0.15, -0.1) is 0 Å². The molecule has 2 N–H and O–H groups in total. The molecule has 0 aliphatic carbocycles. The zero-order valence-corrected chi connectivity index (χ0v) is 16.9. The molecule has 1 aliphatic rings. The number of β-amino-alcohol motifs (C(OH)–C–C–N with tert-alkyl or cyclic N) is 1. The summed E-state index contributed by atoms with van der Waals surface area (Å²) in [7, 11) is 1.87. The number of pyridine rings is 1. The zero-order chi connectivity index (χ0) is 20.9. The average molecular weight is 403 g/mol. The number of hydrogen-bond donors (Lipinski definition) is 2. The van der Waals surface area contributed by atoms with Crippen LogP contribution in [0.25, 0.3) is 17.2 Å². The number of rotatable bonds is 6. The summed E-state index contributed by atoms with van der Waals surface area (Å²) in [4.78, 5) is 18.8. The Labute approximate surface area is 175 Å². The van der Waals surface area contributed by atoms with Crippen LogP contribution in [0.3, 0.4) is 0 Å². The molecular formula is C23H25N5O2. The van der Waals surface area contributed by atoms with Crippen molar-refractivity contribution in [1.29, 1.82) is 0 Å². The van der Waals surface area contributed by atoms with Gasteiger partial charge in [0.2, 0.25) is 5.91 Å². The van der Waals surface area contributed by atoms with Gasteiger partial charge in [-0.1, -0.05) is 12.1 Å². The van der Waals surface area contributed by atoms with Crippen LogP contribution >= 0.6 is 0 Å². The Morgan fingerprint density at radius 1 is 1.27 bits per heavy atom. The standard InChI is InChI=1S/C23H25N5O2/c1-27-15-19(13-25-27)22-8-10-24-12-18(22)4-7-23(30)26-20-5-2-17(3-6-20)14-28-11-9-21(29)16-28/h2-8,10,12-13,15,21,29H,9,11,14,16H2,1H3,(H,26,30). The predicted molar refractivity (Wildman–Crippen MR) is 116 cm³/mol. The molecule has 0 radical (unpaired) electrons. The molecule has 1 aliphatic heterocycles. The first-order chi connectivity index (χ1) is 14.6. The van der Waals surface area contributed by atoms with Crippen LogP contribution < -0.4 is 5.32 Å². The van der Waals surface area contributed by atoms with Crippen LogP contribution in [0.1, 0.15) is 17.5 Å². The number of hydrogen-bond acceptors (Lipinski definition) is 5. The molecule has 4 rings (SSSR count). The summed E-state index contributed by atoms with van der Waals surface area (Å²) in [6.07, 6.45) is 11.1. The lowest BCUT2D eigenvalue weighted by molar-refractivity contribution is -0.111. The summed E-state index contributed by atoms with van der Waals surface area (Å²) < 4.78 is 1.74. The van der Waals surface area contributed by atoms with E-state index < -0.39 is 0 Å². The van der Waals surface area contributed by atoms with Gasteiger partial charge in [0.15, 0.2) is 0 Å². The van der Waals surface area contributed by atoms with Gasteiger partial charge in [-0.25, -0.2) is 0 Å². The third-order valence-electron chi connectivity index (χ3n) is 5.16. The maximum Gasteiger partial charge on any atom is 0.248 e. The highest BCUT2D eigenvalue weighted by atomic mass is 16.3. The smallest absolute Gasteiger partial charge is 0.248 e. The monoisotopic (exact) mass is 403 g/mol. The number of aryl methyl sites for hydroxylation is 1. The number of nitrogens with one attached hydrogen (secondary N) is 1. The predicted octanol–water partition coefficient (Wildman–Crippen LogP) is 2.70. The van der Waals surface area contributed by atoms with Gasteiger partial charge >= 0.3 is 0 Å². The van der Waals surface area contributed by atoms with Crippen molar-refractivity contribution < 1.29 is 9.90 Å². The van der Waals surface area contributed by atoms with E-state index in [0.717, 1.165) is 54.0 Å². The number of amides is 1. The molecule has 7 heteroatoms. The molecule has 1 atom stereocenters. The Balaban J connectivity index is 1.37. The molecule has 3 aromatic rings. The maximum atomic E-state index is 12.4. The molecule has 2 aromatic heterocycles. The van der Waals surface area contributed by atoms with Crippen molar-refractivity contribution in [2.75, 3.05) is 18.4 Å². The maximum absolute atomic E-state index is 12.4. The minimum atomic E-state index is -0.214. The molecule has 154 valence electrons. The van der Waals surface area contributed by atoms with Crippen LogP contribution in [0.15, 0.2) is 61.2 Å². The normalized spacial score (nSPS) is 16.9. The van der Waals surface area contributed by atoms with Crippen LogP contribution in [0.5, 0.6) is 0 Å². The van der Waals surface area contributed by atoms with Crippen LogP contribution in [0.4, 0.5) is 5.69 Å². The van der Waals surface area contributed by atoms with Crippen LogP contribution in [-0.2, 0) is 18.4 Å².